The molecule has 1 aromatic carbocycles. The van der Waals surface area contributed by atoms with E-state index < -0.39 is 0 Å². The number of likely N-dealkylation sites (N-methyl/N-ethyl adjacent to an activating group) is 1. The summed E-state index contributed by atoms with van der Waals surface area (Å²) >= 11 is 0. The molecule has 2 nitrogen and oxygen atoms in total. The van der Waals surface area contributed by atoms with Crippen LogP contribution in [0.2, 0.25) is 0 Å². The second kappa shape index (κ2) is 4.73. The van der Waals surface area contributed by atoms with Crippen LogP contribution in [0.3, 0.4) is 0 Å². The first kappa shape index (κ1) is 11.4. The molecule has 0 aromatic heterocycles. The number of nitrogens with zero attached hydrogens (tertiary/aromatic N) is 1. The Morgan fingerprint density at radius 3 is 2.73 bits per heavy atom. The molecule has 0 aliphatic heterocycles. The van der Waals surface area contributed by atoms with Gasteiger partial charge in [0.15, 0.2) is 0 Å². The van der Waals surface area contributed by atoms with E-state index in [-0.39, 0.29) is 18.1 Å². The second-order valence-electron chi connectivity index (χ2n) is 3.52. The van der Waals surface area contributed by atoms with Gasteiger partial charge in [-0.15, -0.1) is 0 Å². The summed E-state index contributed by atoms with van der Waals surface area (Å²) in [5.41, 5.74) is 1.23. The molecule has 1 rings (SSSR count). The number of hydrogen-bond acceptors (Lipinski definition) is 1. The van der Waals surface area contributed by atoms with Crippen LogP contribution < -0.4 is 0 Å². The molecule has 0 N–H and O–H groups in total. The maximum absolute atomic E-state index is 13.3. The number of carbonyl (C=O) groups excluding carboxylic acids is 1. The number of rotatable bonds is 3. The van der Waals surface area contributed by atoms with E-state index in [4.69, 9.17) is 0 Å². The molecule has 1 amide bonds. The Morgan fingerprint density at radius 2 is 2.20 bits per heavy atom. The molecule has 0 aliphatic carbocycles. The first-order chi connectivity index (χ1) is 7.04. The van der Waals surface area contributed by atoms with Crippen LogP contribution in [0.5, 0.6) is 0 Å². The van der Waals surface area contributed by atoms with Gasteiger partial charge in [0.2, 0.25) is 5.91 Å². The van der Waals surface area contributed by atoms with Crippen molar-refractivity contribution in [3.63, 3.8) is 0 Å². The van der Waals surface area contributed by atoms with Crippen molar-refractivity contribution in [2.24, 2.45) is 0 Å². The minimum atomic E-state index is -0.351. The highest BCUT2D eigenvalue weighted by Crippen LogP contribution is 2.12. The third-order valence-electron chi connectivity index (χ3n) is 2.15. The van der Waals surface area contributed by atoms with Crippen molar-refractivity contribution in [2.75, 3.05) is 14.1 Å². The van der Waals surface area contributed by atoms with Gasteiger partial charge in [0.05, 0.1) is 6.42 Å². The van der Waals surface area contributed by atoms with E-state index in [1.54, 1.807) is 32.3 Å². The lowest BCUT2D eigenvalue weighted by atomic mass is 10.1. The van der Waals surface area contributed by atoms with E-state index in [1.807, 2.05) is 0 Å². The predicted molar refractivity (Wildman–Crippen MR) is 58.9 cm³/mol. The van der Waals surface area contributed by atoms with E-state index >= 15 is 0 Å². The Kier molecular flexibility index (Phi) is 3.61. The average Bonchev–Trinajstić information content (AvgIpc) is 2.21. The van der Waals surface area contributed by atoms with Crippen LogP contribution in [0.4, 0.5) is 4.39 Å². The summed E-state index contributed by atoms with van der Waals surface area (Å²) < 4.78 is 13.3. The van der Waals surface area contributed by atoms with Crippen LogP contribution in [0.25, 0.3) is 6.08 Å². The molecule has 0 saturated carbocycles. The van der Waals surface area contributed by atoms with Gasteiger partial charge in [0.25, 0.3) is 0 Å². The van der Waals surface area contributed by atoms with Crippen LogP contribution in [0.1, 0.15) is 11.1 Å². The molecule has 80 valence electrons. The molecular weight excluding hydrogens is 193 g/mol. The molecule has 0 unspecified atom stereocenters. The van der Waals surface area contributed by atoms with Crippen LogP contribution in [-0.4, -0.2) is 24.9 Å². The maximum atomic E-state index is 13.3. The fourth-order valence-electron chi connectivity index (χ4n) is 1.18. The summed E-state index contributed by atoms with van der Waals surface area (Å²) in [6.07, 6.45) is 1.71. The highest BCUT2D eigenvalue weighted by molar-refractivity contribution is 5.78. The predicted octanol–water partition coefficient (Wildman–Crippen LogP) is 2.10. The number of amides is 1. The van der Waals surface area contributed by atoms with Gasteiger partial charge in [-0.2, -0.15) is 0 Å². The van der Waals surface area contributed by atoms with Gasteiger partial charge < -0.3 is 4.90 Å². The monoisotopic (exact) mass is 207 g/mol. The van der Waals surface area contributed by atoms with E-state index in [1.165, 1.54) is 11.0 Å². The molecule has 0 heterocycles. The molecule has 0 atom stereocenters. The highest BCUT2D eigenvalue weighted by atomic mass is 19.1. The maximum Gasteiger partial charge on any atom is 0.226 e. The zero-order valence-corrected chi connectivity index (χ0v) is 8.96. The summed E-state index contributed by atoms with van der Waals surface area (Å²) in [4.78, 5) is 12.8. The van der Waals surface area contributed by atoms with Gasteiger partial charge in [0.1, 0.15) is 5.82 Å². The molecule has 0 radical (unpaired) electrons. The molecular formula is C12H14FNO. The van der Waals surface area contributed by atoms with Crippen molar-refractivity contribution in [1.29, 1.82) is 0 Å². The van der Waals surface area contributed by atoms with Crippen molar-refractivity contribution in [3.8, 4) is 0 Å². The summed E-state index contributed by atoms with van der Waals surface area (Å²) in [5, 5.41) is 0. The van der Waals surface area contributed by atoms with Gasteiger partial charge >= 0.3 is 0 Å². The molecule has 0 aliphatic rings. The Labute approximate surface area is 89.0 Å². The van der Waals surface area contributed by atoms with E-state index in [2.05, 4.69) is 6.58 Å². The Morgan fingerprint density at radius 1 is 1.53 bits per heavy atom. The molecule has 0 spiro atoms. The number of benzene rings is 1. The average molecular weight is 207 g/mol. The number of halogens is 1. The highest BCUT2D eigenvalue weighted by Gasteiger charge is 2.09. The summed E-state index contributed by atoms with van der Waals surface area (Å²) in [6.45, 7) is 3.60. The number of hydrogen-bond donors (Lipinski definition) is 0. The first-order valence-corrected chi connectivity index (χ1v) is 4.65. The largest absolute Gasteiger partial charge is 0.349 e. The zero-order chi connectivity index (χ0) is 11.4. The van der Waals surface area contributed by atoms with E-state index in [0.717, 1.165) is 5.56 Å². The molecule has 3 heteroatoms. The fourth-order valence-corrected chi connectivity index (χ4v) is 1.18. The molecule has 0 fully saturated rings. The van der Waals surface area contributed by atoms with Gasteiger partial charge in [-0.05, 0) is 23.3 Å². The van der Waals surface area contributed by atoms with Crippen molar-refractivity contribution in [3.05, 3.63) is 41.7 Å². The quantitative estimate of drug-likeness (QED) is 0.743. The summed E-state index contributed by atoms with van der Waals surface area (Å²) in [7, 11) is 3.30. The van der Waals surface area contributed by atoms with Gasteiger partial charge in [-0.25, -0.2) is 4.39 Å². The summed E-state index contributed by atoms with van der Waals surface area (Å²) in [6, 6.07) is 4.63. The second-order valence-corrected chi connectivity index (χ2v) is 3.52. The smallest absolute Gasteiger partial charge is 0.226 e. The van der Waals surface area contributed by atoms with Crippen LogP contribution in [-0.2, 0) is 11.2 Å². The van der Waals surface area contributed by atoms with Crippen molar-refractivity contribution < 1.29 is 9.18 Å². The Bertz CT molecular complexity index is 385. The van der Waals surface area contributed by atoms with Crippen molar-refractivity contribution >= 4 is 12.0 Å². The summed E-state index contributed by atoms with van der Waals surface area (Å²) in [5.74, 6) is -0.467. The Balaban J connectivity index is 2.93. The SMILES string of the molecule is C=Cc1ccc(F)c(CC(=O)N(C)C)c1. The van der Waals surface area contributed by atoms with E-state index in [0.29, 0.717) is 5.56 Å². The van der Waals surface area contributed by atoms with Gasteiger partial charge in [-0.3, -0.25) is 4.79 Å². The minimum Gasteiger partial charge on any atom is -0.349 e. The molecule has 0 bridgehead atoms. The normalized spacial score (nSPS) is 9.80. The van der Waals surface area contributed by atoms with Crippen LogP contribution in [0, 0.1) is 5.82 Å². The molecule has 0 saturated heterocycles. The van der Waals surface area contributed by atoms with Crippen LogP contribution >= 0.6 is 0 Å². The lowest BCUT2D eigenvalue weighted by Crippen LogP contribution is -2.23. The van der Waals surface area contributed by atoms with Gasteiger partial charge in [0, 0.05) is 14.1 Å². The minimum absolute atomic E-state index is 0.0838. The lowest BCUT2D eigenvalue weighted by Gasteiger charge is -2.10. The standard InChI is InChI=1S/C12H14FNO/c1-4-9-5-6-11(13)10(7-9)8-12(15)14(2)3/h4-7H,1,8H2,2-3H3. The van der Waals surface area contributed by atoms with Crippen LogP contribution in [0.15, 0.2) is 24.8 Å². The van der Waals surface area contributed by atoms with Crippen molar-refractivity contribution in [1.82, 2.24) is 4.90 Å². The Hall–Kier alpha value is -1.64. The topological polar surface area (TPSA) is 20.3 Å². The van der Waals surface area contributed by atoms with Crippen molar-refractivity contribution in [2.45, 2.75) is 6.42 Å². The third kappa shape index (κ3) is 2.91. The van der Waals surface area contributed by atoms with E-state index in [9.17, 15) is 9.18 Å². The molecule has 15 heavy (non-hydrogen) atoms. The molecule has 1 aromatic rings. The first-order valence-electron chi connectivity index (χ1n) is 4.65. The zero-order valence-electron chi connectivity index (χ0n) is 8.96. The van der Waals surface area contributed by atoms with Gasteiger partial charge in [-0.1, -0.05) is 18.7 Å². The third-order valence-corrected chi connectivity index (χ3v) is 2.15. The lowest BCUT2D eigenvalue weighted by molar-refractivity contribution is -0.128. The fraction of sp³-hybridized carbons (Fsp3) is 0.250. The number of carbonyl (C=O) groups is 1.